The van der Waals surface area contributed by atoms with Crippen LogP contribution in [0.5, 0.6) is 11.5 Å². The Morgan fingerprint density at radius 3 is 1.57 bits per heavy atom. The third-order valence-electron chi connectivity index (χ3n) is 2.90. The number of para-hydroxylation sites is 2. The van der Waals surface area contributed by atoms with Crippen molar-refractivity contribution in [3.05, 3.63) is 71.8 Å². The maximum Gasteiger partial charge on any atom is 0.122 e. The average Bonchev–Trinajstić information content (AvgIpc) is 2.50. The van der Waals surface area contributed by atoms with Crippen LogP contribution in [0.4, 0.5) is 0 Å². The molecule has 0 aliphatic heterocycles. The third-order valence-corrected chi connectivity index (χ3v) is 3.75. The van der Waals surface area contributed by atoms with Gasteiger partial charge in [0.05, 0.1) is 0 Å². The minimum Gasteiger partial charge on any atom is -0.507 e. The predicted molar refractivity (Wildman–Crippen MR) is 91.6 cm³/mol. The molecule has 0 saturated carbocycles. The summed E-state index contributed by atoms with van der Waals surface area (Å²) in [5.74, 6) is 2.36. The molecule has 2 nitrogen and oxygen atoms in total. The van der Waals surface area contributed by atoms with E-state index in [1.165, 1.54) is 0 Å². The van der Waals surface area contributed by atoms with E-state index in [0.29, 0.717) is 11.5 Å². The Labute approximate surface area is 129 Å². The average molecular weight is 298 g/mol. The van der Waals surface area contributed by atoms with Gasteiger partial charge in [0.25, 0.3) is 0 Å². The van der Waals surface area contributed by atoms with E-state index in [0.717, 1.165) is 22.6 Å². The van der Waals surface area contributed by atoms with Crippen molar-refractivity contribution in [2.24, 2.45) is 0 Å². The van der Waals surface area contributed by atoms with Crippen LogP contribution in [0.2, 0.25) is 0 Å². The van der Waals surface area contributed by atoms with Crippen molar-refractivity contribution in [2.45, 2.75) is 0 Å². The molecular weight excluding hydrogens is 280 g/mol. The summed E-state index contributed by atoms with van der Waals surface area (Å²) in [6, 6.07) is 14.6. The SMILES string of the molecule is Oc1ccccc1C=CCSCC=Cc1ccccc1O. The first-order valence-corrected chi connectivity index (χ1v) is 7.89. The van der Waals surface area contributed by atoms with Gasteiger partial charge in [0.2, 0.25) is 0 Å². The molecular formula is C18H18O2S. The van der Waals surface area contributed by atoms with Gasteiger partial charge in [-0.3, -0.25) is 0 Å². The van der Waals surface area contributed by atoms with Crippen molar-refractivity contribution in [3.63, 3.8) is 0 Å². The molecule has 108 valence electrons. The Kier molecular flexibility index (Phi) is 5.98. The summed E-state index contributed by atoms with van der Waals surface area (Å²) >= 11 is 1.77. The fraction of sp³-hybridized carbons (Fsp3) is 0.111. The van der Waals surface area contributed by atoms with Gasteiger partial charge in [-0.15, -0.1) is 0 Å². The first-order valence-electron chi connectivity index (χ1n) is 6.74. The highest BCUT2D eigenvalue weighted by molar-refractivity contribution is 7.99. The summed E-state index contributed by atoms with van der Waals surface area (Å²) in [6.07, 6.45) is 7.92. The minimum absolute atomic E-state index is 0.304. The molecule has 0 heterocycles. The molecule has 0 saturated heterocycles. The monoisotopic (exact) mass is 298 g/mol. The first-order chi connectivity index (χ1) is 10.3. The number of hydrogen-bond acceptors (Lipinski definition) is 3. The lowest BCUT2D eigenvalue weighted by Crippen LogP contribution is -1.77. The predicted octanol–water partition coefficient (Wildman–Crippen LogP) is 4.56. The zero-order chi connectivity index (χ0) is 14.9. The maximum atomic E-state index is 9.61. The number of phenols is 2. The molecule has 0 amide bonds. The largest absolute Gasteiger partial charge is 0.507 e. The van der Waals surface area contributed by atoms with E-state index in [1.54, 1.807) is 23.9 Å². The van der Waals surface area contributed by atoms with Gasteiger partial charge < -0.3 is 10.2 Å². The lowest BCUT2D eigenvalue weighted by Gasteiger charge is -1.98. The lowest BCUT2D eigenvalue weighted by molar-refractivity contribution is 0.473. The van der Waals surface area contributed by atoms with E-state index < -0.39 is 0 Å². The second-order valence-corrected chi connectivity index (χ2v) is 5.53. The second kappa shape index (κ2) is 8.22. The Bertz CT molecular complexity index is 577. The summed E-state index contributed by atoms with van der Waals surface area (Å²) < 4.78 is 0. The van der Waals surface area contributed by atoms with Gasteiger partial charge in [-0.1, -0.05) is 60.7 Å². The van der Waals surface area contributed by atoms with Crippen molar-refractivity contribution >= 4 is 23.9 Å². The standard InChI is InChI=1S/C18H18O2S/c19-17-11-3-1-7-15(17)9-5-13-21-14-6-10-16-8-2-4-12-18(16)20/h1-12,19-20H,13-14H2. The van der Waals surface area contributed by atoms with Gasteiger partial charge in [0.1, 0.15) is 11.5 Å². The lowest BCUT2D eigenvalue weighted by atomic mass is 10.2. The molecule has 2 N–H and O–H groups in total. The van der Waals surface area contributed by atoms with Gasteiger partial charge in [-0.2, -0.15) is 11.8 Å². The van der Waals surface area contributed by atoms with Crippen molar-refractivity contribution < 1.29 is 10.2 Å². The number of thioether (sulfide) groups is 1. The molecule has 0 aliphatic carbocycles. The van der Waals surface area contributed by atoms with Crippen LogP contribution in [-0.4, -0.2) is 21.7 Å². The van der Waals surface area contributed by atoms with Crippen LogP contribution in [-0.2, 0) is 0 Å². The molecule has 0 aromatic heterocycles. The molecule has 2 rings (SSSR count). The Morgan fingerprint density at radius 2 is 1.14 bits per heavy atom. The van der Waals surface area contributed by atoms with Gasteiger partial charge in [0, 0.05) is 22.6 Å². The molecule has 3 heteroatoms. The van der Waals surface area contributed by atoms with Crippen molar-refractivity contribution in [1.29, 1.82) is 0 Å². The van der Waals surface area contributed by atoms with Crippen LogP contribution < -0.4 is 0 Å². The molecule has 21 heavy (non-hydrogen) atoms. The van der Waals surface area contributed by atoms with Gasteiger partial charge in [0.15, 0.2) is 0 Å². The summed E-state index contributed by atoms with van der Waals surface area (Å²) in [6.45, 7) is 0. The van der Waals surface area contributed by atoms with E-state index in [4.69, 9.17) is 0 Å². The zero-order valence-electron chi connectivity index (χ0n) is 11.6. The minimum atomic E-state index is 0.304. The number of benzene rings is 2. The third kappa shape index (κ3) is 5.04. The van der Waals surface area contributed by atoms with Crippen molar-refractivity contribution in [1.82, 2.24) is 0 Å². The normalized spacial score (nSPS) is 11.4. The molecule has 2 aromatic rings. The molecule has 0 unspecified atom stereocenters. The van der Waals surface area contributed by atoms with Gasteiger partial charge in [-0.05, 0) is 12.1 Å². The summed E-state index contributed by atoms with van der Waals surface area (Å²) in [7, 11) is 0. The van der Waals surface area contributed by atoms with Crippen LogP contribution in [0.15, 0.2) is 60.7 Å². The van der Waals surface area contributed by atoms with Gasteiger partial charge in [-0.25, -0.2) is 0 Å². The summed E-state index contributed by atoms with van der Waals surface area (Å²) in [5.41, 5.74) is 1.67. The van der Waals surface area contributed by atoms with Crippen LogP contribution in [0.1, 0.15) is 11.1 Å². The highest BCUT2D eigenvalue weighted by atomic mass is 32.2. The highest BCUT2D eigenvalue weighted by Crippen LogP contribution is 2.18. The number of phenolic OH excluding ortho intramolecular Hbond substituents is 2. The number of aromatic hydroxyl groups is 2. The maximum absolute atomic E-state index is 9.61. The molecule has 0 atom stereocenters. The number of rotatable bonds is 6. The molecule has 0 fully saturated rings. The van der Waals surface area contributed by atoms with Crippen molar-refractivity contribution in [2.75, 3.05) is 11.5 Å². The molecule has 0 aliphatic rings. The Morgan fingerprint density at radius 1 is 0.714 bits per heavy atom. The van der Waals surface area contributed by atoms with E-state index in [2.05, 4.69) is 0 Å². The van der Waals surface area contributed by atoms with Crippen LogP contribution in [0.3, 0.4) is 0 Å². The first kappa shape index (κ1) is 15.3. The van der Waals surface area contributed by atoms with Crippen molar-refractivity contribution in [3.8, 4) is 11.5 Å². The quantitative estimate of drug-likeness (QED) is 0.768. The molecule has 0 bridgehead atoms. The van der Waals surface area contributed by atoms with Crippen LogP contribution >= 0.6 is 11.8 Å². The number of hydrogen-bond donors (Lipinski definition) is 2. The fourth-order valence-electron chi connectivity index (χ4n) is 1.81. The smallest absolute Gasteiger partial charge is 0.122 e. The summed E-state index contributed by atoms with van der Waals surface area (Å²) in [4.78, 5) is 0. The molecule has 0 spiro atoms. The van der Waals surface area contributed by atoms with E-state index in [1.807, 2.05) is 60.7 Å². The zero-order valence-corrected chi connectivity index (χ0v) is 12.5. The highest BCUT2D eigenvalue weighted by Gasteiger charge is 1.94. The topological polar surface area (TPSA) is 40.5 Å². The second-order valence-electron chi connectivity index (χ2n) is 4.46. The van der Waals surface area contributed by atoms with E-state index in [-0.39, 0.29) is 0 Å². The van der Waals surface area contributed by atoms with Gasteiger partial charge >= 0.3 is 0 Å². The summed E-state index contributed by atoms with van der Waals surface area (Å²) in [5, 5.41) is 19.2. The van der Waals surface area contributed by atoms with E-state index >= 15 is 0 Å². The van der Waals surface area contributed by atoms with E-state index in [9.17, 15) is 10.2 Å². The fourth-order valence-corrected chi connectivity index (χ4v) is 2.41. The van der Waals surface area contributed by atoms with Crippen LogP contribution in [0.25, 0.3) is 12.2 Å². The molecule has 2 aromatic carbocycles. The van der Waals surface area contributed by atoms with Crippen LogP contribution in [0, 0.1) is 0 Å². The molecule has 0 radical (unpaired) electrons. The Hall–Kier alpha value is -2.13. The Balaban J connectivity index is 1.73.